The summed E-state index contributed by atoms with van der Waals surface area (Å²) in [6, 6.07) is 16.1. The number of fused-ring (bicyclic) bond motifs is 1. The molecule has 0 saturated carbocycles. The van der Waals surface area contributed by atoms with Crippen molar-refractivity contribution < 1.29 is 4.79 Å². The molecule has 0 aliphatic carbocycles. The number of aromatic nitrogens is 1. The Kier molecular flexibility index (Phi) is 4.66. The summed E-state index contributed by atoms with van der Waals surface area (Å²) in [7, 11) is 0. The minimum absolute atomic E-state index is 0.100. The lowest BCUT2D eigenvalue weighted by Crippen LogP contribution is -2.10. The van der Waals surface area contributed by atoms with Crippen molar-refractivity contribution >= 4 is 27.7 Å². The Balaban J connectivity index is 2.15. The molecule has 3 heteroatoms. The average Bonchev–Trinajstić information content (AvgIpc) is 2.59. The van der Waals surface area contributed by atoms with Gasteiger partial charge < -0.3 is 0 Å². The van der Waals surface area contributed by atoms with Gasteiger partial charge in [-0.25, -0.2) is 4.98 Å². The molecule has 0 atom stereocenters. The standard InChI is InChI=1S/C22H22ClNO/c1-5-14-6-11-19-17(12-14)18(21(23)25)13-20(24-19)15-7-9-16(10-8-15)22(2,3)4/h6-13H,5H2,1-4H3. The van der Waals surface area contributed by atoms with Crippen molar-refractivity contribution in [3.05, 3.63) is 65.2 Å². The summed E-state index contributed by atoms with van der Waals surface area (Å²) in [6.07, 6.45) is 0.905. The van der Waals surface area contributed by atoms with Gasteiger partial charge in [-0.1, -0.05) is 58.0 Å². The zero-order valence-corrected chi connectivity index (χ0v) is 15.8. The predicted molar refractivity (Wildman–Crippen MR) is 105 cm³/mol. The highest BCUT2D eigenvalue weighted by molar-refractivity contribution is 6.68. The molecule has 0 amide bonds. The van der Waals surface area contributed by atoms with Crippen LogP contribution in [0.4, 0.5) is 0 Å². The number of carbonyl (C=O) groups is 1. The lowest BCUT2D eigenvalue weighted by molar-refractivity contribution is 0.108. The smallest absolute Gasteiger partial charge is 0.253 e. The second kappa shape index (κ2) is 6.61. The van der Waals surface area contributed by atoms with Crippen molar-refractivity contribution in [1.29, 1.82) is 0 Å². The van der Waals surface area contributed by atoms with Crippen LogP contribution >= 0.6 is 11.6 Å². The molecule has 1 heterocycles. The van der Waals surface area contributed by atoms with Crippen LogP contribution in [0.1, 0.15) is 49.2 Å². The number of hydrogen-bond donors (Lipinski definition) is 0. The van der Waals surface area contributed by atoms with Crippen LogP contribution in [0.15, 0.2) is 48.5 Å². The Morgan fingerprint density at radius 1 is 1.04 bits per heavy atom. The molecule has 0 fully saturated rings. The van der Waals surface area contributed by atoms with E-state index >= 15 is 0 Å². The topological polar surface area (TPSA) is 30.0 Å². The Labute approximate surface area is 153 Å². The second-order valence-corrected chi connectivity index (χ2v) is 7.70. The van der Waals surface area contributed by atoms with Gasteiger partial charge in [0, 0.05) is 16.5 Å². The van der Waals surface area contributed by atoms with Gasteiger partial charge in [-0.2, -0.15) is 0 Å². The highest BCUT2D eigenvalue weighted by atomic mass is 35.5. The fourth-order valence-electron chi connectivity index (χ4n) is 2.94. The van der Waals surface area contributed by atoms with Crippen molar-refractivity contribution in [1.82, 2.24) is 4.98 Å². The van der Waals surface area contributed by atoms with Gasteiger partial charge in [0.15, 0.2) is 0 Å². The number of nitrogens with zero attached hydrogens (tertiary/aromatic N) is 1. The summed E-state index contributed by atoms with van der Waals surface area (Å²) < 4.78 is 0. The van der Waals surface area contributed by atoms with Crippen LogP contribution in [0, 0.1) is 0 Å². The fourth-order valence-corrected chi connectivity index (χ4v) is 3.10. The predicted octanol–water partition coefficient (Wildman–Crippen LogP) is 6.14. The molecule has 2 nitrogen and oxygen atoms in total. The van der Waals surface area contributed by atoms with Crippen LogP contribution in [-0.4, -0.2) is 10.2 Å². The van der Waals surface area contributed by atoms with Crippen LogP contribution in [0.2, 0.25) is 0 Å². The molecule has 0 aliphatic rings. The van der Waals surface area contributed by atoms with E-state index in [1.54, 1.807) is 6.07 Å². The van der Waals surface area contributed by atoms with Gasteiger partial charge >= 0.3 is 0 Å². The van der Waals surface area contributed by atoms with E-state index in [2.05, 4.69) is 52.0 Å². The molecule has 2 aromatic carbocycles. The maximum atomic E-state index is 12.0. The van der Waals surface area contributed by atoms with Gasteiger partial charge in [-0.05, 0) is 52.8 Å². The number of pyridine rings is 1. The Morgan fingerprint density at radius 2 is 1.72 bits per heavy atom. The van der Waals surface area contributed by atoms with Crippen molar-refractivity contribution in [2.24, 2.45) is 0 Å². The first-order chi connectivity index (χ1) is 11.8. The molecule has 3 rings (SSSR count). The summed E-state index contributed by atoms with van der Waals surface area (Å²) >= 11 is 5.86. The monoisotopic (exact) mass is 351 g/mol. The van der Waals surface area contributed by atoms with E-state index in [4.69, 9.17) is 16.6 Å². The van der Waals surface area contributed by atoms with Crippen LogP contribution in [0.5, 0.6) is 0 Å². The van der Waals surface area contributed by atoms with Gasteiger partial charge in [-0.15, -0.1) is 0 Å². The number of aryl methyl sites for hydroxylation is 1. The third-order valence-corrected chi connectivity index (χ3v) is 4.74. The van der Waals surface area contributed by atoms with E-state index < -0.39 is 5.24 Å². The minimum atomic E-state index is -0.451. The van der Waals surface area contributed by atoms with E-state index in [9.17, 15) is 4.79 Å². The summed E-state index contributed by atoms with van der Waals surface area (Å²) in [5.74, 6) is 0. The second-order valence-electron chi connectivity index (χ2n) is 7.36. The minimum Gasteiger partial charge on any atom is -0.276 e. The third-order valence-electron chi connectivity index (χ3n) is 4.54. The SMILES string of the molecule is CCc1ccc2nc(-c3ccc(C(C)(C)C)cc3)cc(C(=O)Cl)c2c1. The third kappa shape index (κ3) is 3.59. The average molecular weight is 352 g/mol. The first-order valence-corrected chi connectivity index (χ1v) is 8.92. The summed E-state index contributed by atoms with van der Waals surface area (Å²) in [6.45, 7) is 8.64. The molecule has 128 valence electrons. The number of rotatable bonds is 3. The summed E-state index contributed by atoms with van der Waals surface area (Å²) in [5.41, 5.74) is 5.57. The lowest BCUT2D eigenvalue weighted by atomic mass is 9.86. The first kappa shape index (κ1) is 17.6. The molecular formula is C22H22ClNO. The first-order valence-electron chi connectivity index (χ1n) is 8.54. The Bertz CT molecular complexity index is 937. The van der Waals surface area contributed by atoms with Gasteiger partial charge in [0.05, 0.1) is 11.2 Å². The van der Waals surface area contributed by atoms with E-state index in [0.29, 0.717) is 5.56 Å². The summed E-state index contributed by atoms with van der Waals surface area (Å²) in [4.78, 5) is 16.7. The highest BCUT2D eigenvalue weighted by Crippen LogP contribution is 2.29. The molecule has 0 spiro atoms. The number of halogens is 1. The Morgan fingerprint density at radius 3 is 2.28 bits per heavy atom. The molecule has 1 aromatic heterocycles. The molecule has 0 unspecified atom stereocenters. The van der Waals surface area contributed by atoms with Gasteiger partial charge in [-0.3, -0.25) is 4.79 Å². The molecule has 3 aromatic rings. The van der Waals surface area contributed by atoms with Crippen molar-refractivity contribution in [2.45, 2.75) is 39.5 Å². The van der Waals surface area contributed by atoms with E-state index in [-0.39, 0.29) is 5.41 Å². The normalized spacial score (nSPS) is 11.7. The molecule has 0 bridgehead atoms. The van der Waals surface area contributed by atoms with E-state index in [1.165, 1.54) is 5.56 Å². The number of hydrogen-bond acceptors (Lipinski definition) is 2. The van der Waals surface area contributed by atoms with E-state index in [0.717, 1.165) is 34.1 Å². The van der Waals surface area contributed by atoms with Crippen LogP contribution in [0.25, 0.3) is 22.2 Å². The number of carbonyl (C=O) groups excluding carboxylic acids is 1. The highest BCUT2D eigenvalue weighted by Gasteiger charge is 2.15. The molecule has 0 radical (unpaired) electrons. The maximum absolute atomic E-state index is 12.0. The van der Waals surface area contributed by atoms with Crippen molar-refractivity contribution in [2.75, 3.05) is 0 Å². The molecule has 25 heavy (non-hydrogen) atoms. The van der Waals surface area contributed by atoms with Crippen molar-refractivity contribution in [3.63, 3.8) is 0 Å². The molecular weight excluding hydrogens is 330 g/mol. The molecule has 0 aliphatic heterocycles. The zero-order valence-electron chi connectivity index (χ0n) is 15.1. The number of benzene rings is 2. The maximum Gasteiger partial charge on any atom is 0.253 e. The van der Waals surface area contributed by atoms with Crippen LogP contribution < -0.4 is 0 Å². The van der Waals surface area contributed by atoms with Gasteiger partial charge in [0.2, 0.25) is 0 Å². The van der Waals surface area contributed by atoms with E-state index in [1.807, 2.05) is 18.2 Å². The summed E-state index contributed by atoms with van der Waals surface area (Å²) in [5, 5.41) is 0.364. The lowest BCUT2D eigenvalue weighted by Gasteiger charge is -2.19. The molecule has 0 N–H and O–H groups in total. The van der Waals surface area contributed by atoms with Crippen molar-refractivity contribution in [3.8, 4) is 11.3 Å². The van der Waals surface area contributed by atoms with Crippen LogP contribution in [0.3, 0.4) is 0 Å². The van der Waals surface area contributed by atoms with Gasteiger partial charge in [0.1, 0.15) is 0 Å². The fraction of sp³-hybridized carbons (Fsp3) is 0.273. The Hall–Kier alpha value is -2.19. The van der Waals surface area contributed by atoms with Crippen LogP contribution in [-0.2, 0) is 11.8 Å². The molecule has 0 saturated heterocycles. The largest absolute Gasteiger partial charge is 0.276 e. The zero-order chi connectivity index (χ0) is 18.2. The quantitative estimate of drug-likeness (QED) is 0.530. The van der Waals surface area contributed by atoms with Gasteiger partial charge in [0.25, 0.3) is 5.24 Å².